The van der Waals surface area contributed by atoms with E-state index in [-0.39, 0.29) is 18.1 Å². The first-order valence-corrected chi connectivity index (χ1v) is 12.8. The molecule has 186 valence electrons. The predicted octanol–water partition coefficient (Wildman–Crippen LogP) is 2.68. The molecule has 0 saturated heterocycles. The van der Waals surface area contributed by atoms with Crippen LogP contribution in [0, 0.1) is 0 Å². The van der Waals surface area contributed by atoms with Gasteiger partial charge in [0.1, 0.15) is 12.6 Å². The SMILES string of the molecule is CCNC(=O)[C@H](C)N(Cc1ccccc1Cl)C(=O)CN(c1ccc(OC)c(OC)c1)S(C)(=O)=O. The molecule has 9 nitrogen and oxygen atoms in total. The van der Waals surface area contributed by atoms with Gasteiger partial charge in [-0.1, -0.05) is 29.8 Å². The van der Waals surface area contributed by atoms with Gasteiger partial charge in [0.25, 0.3) is 0 Å². The summed E-state index contributed by atoms with van der Waals surface area (Å²) in [5.41, 5.74) is 0.850. The first kappa shape index (κ1) is 27.3. The second-order valence-electron chi connectivity index (χ2n) is 7.49. The number of hydrogen-bond acceptors (Lipinski definition) is 6. The maximum atomic E-state index is 13.5. The Kier molecular flexibility index (Phi) is 9.57. The van der Waals surface area contributed by atoms with Gasteiger partial charge in [-0.25, -0.2) is 8.42 Å². The molecule has 2 amide bonds. The normalized spacial score (nSPS) is 11.9. The largest absolute Gasteiger partial charge is 0.493 e. The number of carbonyl (C=O) groups excluding carboxylic acids is 2. The number of carbonyl (C=O) groups is 2. The van der Waals surface area contributed by atoms with Crippen LogP contribution in [0.4, 0.5) is 5.69 Å². The summed E-state index contributed by atoms with van der Waals surface area (Å²) >= 11 is 6.28. The molecule has 2 rings (SSSR count). The fourth-order valence-corrected chi connectivity index (χ4v) is 4.35. The molecule has 0 saturated carbocycles. The van der Waals surface area contributed by atoms with Crippen LogP contribution in [0.2, 0.25) is 5.02 Å². The zero-order valence-corrected chi connectivity index (χ0v) is 21.4. The smallest absolute Gasteiger partial charge is 0.244 e. The lowest BCUT2D eigenvalue weighted by molar-refractivity contribution is -0.139. The summed E-state index contributed by atoms with van der Waals surface area (Å²) < 4.78 is 36.7. The van der Waals surface area contributed by atoms with E-state index in [0.29, 0.717) is 28.6 Å². The number of rotatable bonds is 11. The number of benzene rings is 2. The van der Waals surface area contributed by atoms with E-state index in [2.05, 4.69) is 5.32 Å². The van der Waals surface area contributed by atoms with Gasteiger partial charge in [0, 0.05) is 24.2 Å². The van der Waals surface area contributed by atoms with Gasteiger partial charge in [-0.3, -0.25) is 13.9 Å². The number of methoxy groups -OCH3 is 2. The molecule has 1 atom stereocenters. The van der Waals surface area contributed by atoms with Crippen molar-refractivity contribution in [1.82, 2.24) is 10.2 Å². The van der Waals surface area contributed by atoms with E-state index in [1.807, 2.05) is 0 Å². The maximum Gasteiger partial charge on any atom is 0.244 e. The molecule has 0 spiro atoms. The van der Waals surface area contributed by atoms with Gasteiger partial charge in [-0.05, 0) is 37.6 Å². The third kappa shape index (κ3) is 6.77. The van der Waals surface area contributed by atoms with Crippen LogP contribution in [0.25, 0.3) is 0 Å². The number of ether oxygens (including phenoxy) is 2. The van der Waals surface area contributed by atoms with Gasteiger partial charge >= 0.3 is 0 Å². The van der Waals surface area contributed by atoms with E-state index in [9.17, 15) is 18.0 Å². The quantitative estimate of drug-likeness (QED) is 0.497. The molecule has 0 aliphatic rings. The Morgan fingerprint density at radius 3 is 2.29 bits per heavy atom. The lowest BCUT2D eigenvalue weighted by atomic mass is 10.1. The van der Waals surface area contributed by atoms with Crippen LogP contribution in [-0.2, 0) is 26.2 Å². The van der Waals surface area contributed by atoms with Crippen LogP contribution in [0.15, 0.2) is 42.5 Å². The number of nitrogens with zero attached hydrogens (tertiary/aromatic N) is 2. The van der Waals surface area contributed by atoms with E-state index >= 15 is 0 Å². The fraction of sp³-hybridized carbons (Fsp3) is 0.391. The highest BCUT2D eigenvalue weighted by Gasteiger charge is 2.30. The molecule has 0 fully saturated rings. The van der Waals surface area contributed by atoms with Crippen molar-refractivity contribution in [3.05, 3.63) is 53.1 Å². The summed E-state index contributed by atoms with van der Waals surface area (Å²) in [6.45, 7) is 3.25. The number of halogens is 1. The summed E-state index contributed by atoms with van der Waals surface area (Å²) in [6, 6.07) is 10.6. The Morgan fingerprint density at radius 2 is 1.74 bits per heavy atom. The molecule has 2 aromatic rings. The van der Waals surface area contributed by atoms with Crippen LogP contribution >= 0.6 is 11.6 Å². The summed E-state index contributed by atoms with van der Waals surface area (Å²) in [6.07, 6.45) is 1.00. The number of hydrogen-bond donors (Lipinski definition) is 1. The molecule has 0 bridgehead atoms. The number of nitrogens with one attached hydrogen (secondary N) is 1. The highest BCUT2D eigenvalue weighted by atomic mass is 35.5. The zero-order valence-electron chi connectivity index (χ0n) is 19.9. The third-order valence-electron chi connectivity index (χ3n) is 5.15. The molecule has 0 unspecified atom stereocenters. The lowest BCUT2D eigenvalue weighted by Gasteiger charge is -2.31. The van der Waals surface area contributed by atoms with E-state index in [1.54, 1.807) is 44.2 Å². The summed E-state index contributed by atoms with van der Waals surface area (Å²) in [5.74, 6) is -0.209. The molecule has 0 heterocycles. The second-order valence-corrected chi connectivity index (χ2v) is 9.81. The van der Waals surface area contributed by atoms with Crippen molar-refractivity contribution in [1.29, 1.82) is 0 Å². The Hall–Kier alpha value is -2.98. The highest BCUT2D eigenvalue weighted by molar-refractivity contribution is 7.92. The summed E-state index contributed by atoms with van der Waals surface area (Å²) in [5, 5.41) is 3.13. The van der Waals surface area contributed by atoms with Crippen molar-refractivity contribution in [2.75, 3.05) is 37.9 Å². The number of anilines is 1. The van der Waals surface area contributed by atoms with Crippen LogP contribution in [0.3, 0.4) is 0 Å². The fourth-order valence-electron chi connectivity index (χ4n) is 3.31. The Labute approximate surface area is 205 Å². The van der Waals surface area contributed by atoms with Crippen molar-refractivity contribution in [2.24, 2.45) is 0 Å². The van der Waals surface area contributed by atoms with E-state index in [0.717, 1.165) is 10.6 Å². The molecule has 1 N–H and O–H groups in total. The van der Waals surface area contributed by atoms with Crippen molar-refractivity contribution in [3.8, 4) is 11.5 Å². The zero-order chi connectivity index (χ0) is 25.5. The molecule has 0 aromatic heterocycles. The molecular formula is C23H30ClN3O6S. The van der Waals surface area contributed by atoms with Crippen molar-refractivity contribution >= 4 is 39.1 Å². The summed E-state index contributed by atoms with van der Waals surface area (Å²) in [7, 11) is -0.975. The second kappa shape index (κ2) is 11.9. The molecule has 2 aromatic carbocycles. The standard InChI is InChI=1S/C23H30ClN3O6S/c1-6-25-23(29)16(2)26(14-17-9-7-8-10-19(17)24)22(28)15-27(34(5,30)31)18-11-12-20(32-3)21(13-18)33-4/h7-13,16H,6,14-15H2,1-5H3,(H,25,29)/t16-/m0/s1. The Bertz CT molecular complexity index is 1130. The van der Waals surface area contributed by atoms with Gasteiger partial charge in [0.05, 0.1) is 26.2 Å². The third-order valence-corrected chi connectivity index (χ3v) is 6.66. The molecule has 0 radical (unpaired) electrons. The average Bonchev–Trinajstić information content (AvgIpc) is 2.80. The summed E-state index contributed by atoms with van der Waals surface area (Å²) in [4.78, 5) is 27.3. The van der Waals surface area contributed by atoms with Gasteiger partial charge in [0.2, 0.25) is 21.8 Å². The van der Waals surface area contributed by atoms with E-state index in [1.165, 1.54) is 31.3 Å². The minimum absolute atomic E-state index is 0.0281. The minimum atomic E-state index is -3.87. The van der Waals surface area contributed by atoms with Crippen LogP contribution < -0.4 is 19.1 Å². The van der Waals surface area contributed by atoms with Crippen molar-refractivity contribution in [3.63, 3.8) is 0 Å². The van der Waals surface area contributed by atoms with Gasteiger partial charge in [0.15, 0.2) is 11.5 Å². The molecule has 11 heteroatoms. The monoisotopic (exact) mass is 511 g/mol. The average molecular weight is 512 g/mol. The molecule has 0 aliphatic carbocycles. The first-order chi connectivity index (χ1) is 16.0. The highest BCUT2D eigenvalue weighted by Crippen LogP contribution is 2.32. The predicted molar refractivity (Wildman–Crippen MR) is 132 cm³/mol. The van der Waals surface area contributed by atoms with Crippen LogP contribution in [-0.4, -0.2) is 64.7 Å². The Morgan fingerprint density at radius 1 is 1.09 bits per heavy atom. The minimum Gasteiger partial charge on any atom is -0.493 e. The molecule has 34 heavy (non-hydrogen) atoms. The van der Waals surface area contributed by atoms with Crippen LogP contribution in [0.1, 0.15) is 19.4 Å². The maximum absolute atomic E-state index is 13.5. The first-order valence-electron chi connectivity index (χ1n) is 10.5. The van der Waals surface area contributed by atoms with Crippen molar-refractivity contribution in [2.45, 2.75) is 26.4 Å². The molecular weight excluding hydrogens is 482 g/mol. The van der Waals surface area contributed by atoms with Gasteiger partial charge < -0.3 is 19.7 Å². The number of likely N-dealkylation sites (N-methyl/N-ethyl adjacent to an activating group) is 1. The van der Waals surface area contributed by atoms with Crippen LogP contribution in [0.5, 0.6) is 11.5 Å². The van der Waals surface area contributed by atoms with Gasteiger partial charge in [-0.2, -0.15) is 0 Å². The number of sulfonamides is 1. The van der Waals surface area contributed by atoms with Gasteiger partial charge in [-0.15, -0.1) is 0 Å². The number of amides is 2. The van der Waals surface area contributed by atoms with E-state index in [4.69, 9.17) is 21.1 Å². The molecule has 0 aliphatic heterocycles. The van der Waals surface area contributed by atoms with E-state index < -0.39 is 28.5 Å². The Balaban J connectivity index is 2.45. The van der Waals surface area contributed by atoms with Crippen molar-refractivity contribution < 1.29 is 27.5 Å². The topological polar surface area (TPSA) is 105 Å². The lowest BCUT2D eigenvalue weighted by Crippen LogP contribution is -2.51.